The number of hydrogen-bond acceptors (Lipinski definition) is 2. The number of benzene rings is 5. The molecular weight excluding hydrogens is 434 g/mol. The van der Waals surface area contributed by atoms with Gasteiger partial charge in [-0.2, -0.15) is 0 Å². The van der Waals surface area contributed by atoms with Crippen molar-refractivity contribution in [3.63, 3.8) is 0 Å². The lowest BCUT2D eigenvalue weighted by Gasteiger charge is -2.06. The van der Waals surface area contributed by atoms with E-state index in [0.29, 0.717) is 0 Å². The van der Waals surface area contributed by atoms with Crippen molar-refractivity contribution in [1.82, 2.24) is 0 Å². The maximum Gasteiger partial charge on any atom is 0.362 e. The van der Waals surface area contributed by atoms with Gasteiger partial charge in [-0.25, -0.2) is 4.42 Å². The summed E-state index contributed by atoms with van der Waals surface area (Å²) < 4.78 is 6.58. The van der Waals surface area contributed by atoms with Crippen LogP contribution < -0.4 is 0 Å². The zero-order valence-corrected chi connectivity index (χ0v) is 18.7. The van der Waals surface area contributed by atoms with Gasteiger partial charge in [-0.3, -0.25) is 10.1 Å². The monoisotopic (exact) mass is 454 g/mol. The molecule has 0 radical (unpaired) electrons. The van der Waals surface area contributed by atoms with Crippen LogP contribution in [0.3, 0.4) is 0 Å². The van der Waals surface area contributed by atoms with E-state index in [1.165, 1.54) is 12.1 Å². The third kappa shape index (κ3) is 3.81. The van der Waals surface area contributed by atoms with E-state index in [1.54, 1.807) is 12.1 Å². The van der Waals surface area contributed by atoms with E-state index in [9.17, 15) is 10.1 Å². The van der Waals surface area contributed by atoms with Crippen molar-refractivity contribution in [3.8, 4) is 33.8 Å². The normalized spacial score (nSPS) is 11.1. The van der Waals surface area contributed by atoms with Crippen LogP contribution in [-0.2, 0) is 0 Å². The van der Waals surface area contributed by atoms with Gasteiger partial charge in [-0.15, -0.1) is 0 Å². The molecule has 0 amide bonds. The molecule has 0 fully saturated rings. The number of hydrogen-bond donors (Lipinski definition) is 0. The summed E-state index contributed by atoms with van der Waals surface area (Å²) in [7, 11) is 0. The first-order valence-corrected chi connectivity index (χ1v) is 11.4. The number of non-ortho nitro benzene ring substituents is 1. The van der Waals surface area contributed by atoms with Crippen LogP contribution in [-0.4, -0.2) is 4.92 Å². The molecule has 0 N–H and O–H groups in total. The molecule has 0 atom stereocenters. The van der Waals surface area contributed by atoms with Crippen molar-refractivity contribution in [1.29, 1.82) is 0 Å². The Labute approximate surface area is 201 Å². The van der Waals surface area contributed by atoms with Crippen LogP contribution in [0, 0.1) is 10.1 Å². The van der Waals surface area contributed by atoms with Gasteiger partial charge in [0.15, 0.2) is 0 Å². The zero-order valence-electron chi connectivity index (χ0n) is 18.7. The lowest BCUT2D eigenvalue weighted by Crippen LogP contribution is -1.90. The first kappa shape index (κ1) is 20.8. The first-order chi connectivity index (χ1) is 17.2. The van der Waals surface area contributed by atoms with Crippen molar-refractivity contribution >= 4 is 27.2 Å². The van der Waals surface area contributed by atoms with Gasteiger partial charge >= 0.3 is 11.5 Å². The SMILES string of the molecule is O=[N+]([O-])c1ccc(-c2cc(-c3cccc4ccccc34)[o+]c(-c3cccc4ccccc34)c2)cc1. The number of nitro benzene ring substituents is 1. The Morgan fingerprint density at radius 1 is 0.543 bits per heavy atom. The molecule has 6 aromatic rings. The predicted octanol–water partition coefficient (Wildman–Crippen LogP) is 8.78. The molecule has 0 saturated heterocycles. The van der Waals surface area contributed by atoms with Crippen molar-refractivity contribution in [3.05, 3.63) is 131 Å². The molecule has 35 heavy (non-hydrogen) atoms. The van der Waals surface area contributed by atoms with Gasteiger partial charge < -0.3 is 0 Å². The van der Waals surface area contributed by atoms with Crippen LogP contribution in [0.2, 0.25) is 0 Å². The second-order valence-electron chi connectivity index (χ2n) is 8.43. The van der Waals surface area contributed by atoms with Gasteiger partial charge in [0.1, 0.15) is 0 Å². The van der Waals surface area contributed by atoms with Crippen LogP contribution in [0.15, 0.2) is 126 Å². The first-order valence-electron chi connectivity index (χ1n) is 11.4. The van der Waals surface area contributed by atoms with E-state index in [1.807, 2.05) is 48.5 Å². The zero-order chi connectivity index (χ0) is 23.8. The molecule has 0 unspecified atom stereocenters. The van der Waals surface area contributed by atoms with Crippen molar-refractivity contribution in [2.24, 2.45) is 0 Å². The van der Waals surface area contributed by atoms with Crippen LogP contribution >= 0.6 is 0 Å². The van der Waals surface area contributed by atoms with Crippen molar-refractivity contribution in [2.75, 3.05) is 0 Å². The Kier molecular flexibility index (Phi) is 5.04. The van der Waals surface area contributed by atoms with Gasteiger partial charge in [0, 0.05) is 17.7 Å². The maximum absolute atomic E-state index is 11.2. The summed E-state index contributed by atoms with van der Waals surface area (Å²) in [4.78, 5) is 10.8. The quantitative estimate of drug-likeness (QED) is 0.152. The summed E-state index contributed by atoms with van der Waals surface area (Å²) in [5.74, 6) is 1.47. The largest absolute Gasteiger partial charge is 0.362 e. The predicted molar refractivity (Wildman–Crippen MR) is 141 cm³/mol. The fourth-order valence-electron chi connectivity index (χ4n) is 4.59. The average Bonchev–Trinajstić information content (AvgIpc) is 2.92. The van der Waals surface area contributed by atoms with E-state index in [2.05, 4.69) is 48.5 Å². The van der Waals surface area contributed by atoms with Gasteiger partial charge in [0.25, 0.3) is 5.69 Å². The molecule has 0 spiro atoms. The fourth-order valence-corrected chi connectivity index (χ4v) is 4.59. The van der Waals surface area contributed by atoms with Gasteiger partial charge in [-0.1, -0.05) is 72.8 Å². The number of rotatable bonds is 4. The highest BCUT2D eigenvalue weighted by molar-refractivity contribution is 5.98. The Balaban J connectivity index is 1.62. The van der Waals surface area contributed by atoms with E-state index in [-0.39, 0.29) is 10.6 Å². The highest BCUT2D eigenvalue weighted by Gasteiger charge is 2.23. The smallest absolute Gasteiger partial charge is 0.258 e. The summed E-state index contributed by atoms with van der Waals surface area (Å²) in [6.45, 7) is 0. The lowest BCUT2D eigenvalue weighted by atomic mass is 9.97. The second-order valence-corrected chi connectivity index (χ2v) is 8.43. The molecular formula is C31H20NO3+. The molecule has 5 aromatic carbocycles. The number of fused-ring (bicyclic) bond motifs is 2. The maximum atomic E-state index is 11.2. The summed E-state index contributed by atoms with van der Waals surface area (Å²) in [6.07, 6.45) is 0. The molecule has 0 aliphatic carbocycles. The second kappa shape index (κ2) is 8.50. The van der Waals surface area contributed by atoms with E-state index < -0.39 is 0 Å². The molecule has 0 aliphatic heterocycles. The van der Waals surface area contributed by atoms with Gasteiger partial charge in [-0.05, 0) is 51.4 Å². The van der Waals surface area contributed by atoms with Crippen molar-refractivity contribution < 1.29 is 9.34 Å². The molecule has 1 aromatic heterocycles. The summed E-state index contributed by atoms with van der Waals surface area (Å²) in [5.41, 5.74) is 3.87. The Hall–Kier alpha value is -4.83. The van der Waals surface area contributed by atoms with Crippen LogP contribution in [0.4, 0.5) is 5.69 Å². The van der Waals surface area contributed by atoms with Crippen molar-refractivity contribution in [2.45, 2.75) is 0 Å². The summed E-state index contributed by atoms with van der Waals surface area (Å²) in [5, 5.41) is 15.6. The molecule has 4 heteroatoms. The third-order valence-electron chi connectivity index (χ3n) is 6.31. The standard InChI is InChI=1S/C31H20NO3/c33-32(34)25-17-15-21(16-18-25)24-19-30(28-13-5-9-22-7-1-3-11-26(22)28)35-31(20-24)29-14-6-10-23-8-2-4-12-27(23)29/h1-20H/q+1. The van der Waals surface area contributed by atoms with Gasteiger partial charge in [0.05, 0.1) is 28.2 Å². The summed E-state index contributed by atoms with van der Waals surface area (Å²) >= 11 is 0. The van der Waals surface area contributed by atoms with Crippen LogP contribution in [0.1, 0.15) is 0 Å². The minimum absolute atomic E-state index is 0.0675. The molecule has 1 heterocycles. The van der Waals surface area contributed by atoms with Gasteiger partial charge in [0.2, 0.25) is 0 Å². The molecule has 0 aliphatic rings. The third-order valence-corrected chi connectivity index (χ3v) is 6.31. The number of nitro groups is 1. The van der Waals surface area contributed by atoms with E-state index in [4.69, 9.17) is 4.42 Å². The van der Waals surface area contributed by atoms with Crippen LogP contribution in [0.25, 0.3) is 55.3 Å². The highest BCUT2D eigenvalue weighted by atomic mass is 16.6. The Morgan fingerprint density at radius 3 is 1.54 bits per heavy atom. The van der Waals surface area contributed by atoms with Crippen LogP contribution in [0.5, 0.6) is 0 Å². The number of nitrogens with zero attached hydrogens (tertiary/aromatic N) is 1. The molecule has 166 valence electrons. The average molecular weight is 455 g/mol. The topological polar surface area (TPSA) is 54.4 Å². The Bertz CT molecular complexity index is 1610. The summed E-state index contributed by atoms with van der Waals surface area (Å²) in [6, 6.07) is 39.5. The Morgan fingerprint density at radius 2 is 1.03 bits per heavy atom. The lowest BCUT2D eigenvalue weighted by molar-refractivity contribution is -0.384. The molecule has 0 bridgehead atoms. The highest BCUT2D eigenvalue weighted by Crippen LogP contribution is 2.38. The van der Waals surface area contributed by atoms with E-state index >= 15 is 0 Å². The van der Waals surface area contributed by atoms with E-state index in [0.717, 1.165) is 55.3 Å². The minimum Gasteiger partial charge on any atom is -0.258 e. The minimum atomic E-state index is -0.382. The fraction of sp³-hybridized carbons (Fsp3) is 0. The molecule has 4 nitrogen and oxygen atoms in total. The molecule has 6 rings (SSSR count). The molecule has 0 saturated carbocycles.